The lowest BCUT2D eigenvalue weighted by Crippen LogP contribution is -2.18. The van der Waals surface area contributed by atoms with Crippen LogP contribution in [0, 0.1) is 3.57 Å². The first kappa shape index (κ1) is 16.0. The molecule has 0 aliphatic carbocycles. The summed E-state index contributed by atoms with van der Waals surface area (Å²) in [7, 11) is 1.42. The highest BCUT2D eigenvalue weighted by molar-refractivity contribution is 14.1. The molecule has 1 N–H and O–H groups in total. The maximum Gasteiger partial charge on any atom is 0.417 e. The predicted octanol–water partition coefficient (Wildman–Crippen LogP) is 3.21. The third-order valence-corrected chi connectivity index (χ3v) is 3.81. The zero-order valence-electron chi connectivity index (χ0n) is 10.8. The van der Waals surface area contributed by atoms with Gasteiger partial charge in [0.1, 0.15) is 9.39 Å². The highest BCUT2D eigenvalue weighted by Crippen LogP contribution is 2.35. The van der Waals surface area contributed by atoms with Crippen LogP contribution in [0.3, 0.4) is 0 Å². The number of ether oxygens (including phenoxy) is 1. The highest BCUT2D eigenvalue weighted by Gasteiger charge is 2.34. The topological polar surface area (TPSA) is 55.0 Å². The summed E-state index contributed by atoms with van der Waals surface area (Å²) in [6, 6.07) is 4.96. The monoisotopic (exact) mass is 410 g/mol. The van der Waals surface area contributed by atoms with E-state index in [-0.39, 0.29) is 18.0 Å². The SMILES string of the molecule is COCc1nc(-c2ccccc2C(F)(F)F)[nH]c(=O)c1I. The third-order valence-electron chi connectivity index (χ3n) is 2.70. The molecule has 21 heavy (non-hydrogen) atoms. The molecule has 0 radical (unpaired) electrons. The minimum Gasteiger partial charge on any atom is -0.378 e. The maximum atomic E-state index is 13.0. The number of nitrogens with one attached hydrogen (secondary N) is 1. The second-order valence-electron chi connectivity index (χ2n) is 4.15. The van der Waals surface area contributed by atoms with Crippen molar-refractivity contribution in [2.75, 3.05) is 7.11 Å². The number of aromatic nitrogens is 2. The van der Waals surface area contributed by atoms with Crippen LogP contribution in [-0.4, -0.2) is 17.1 Å². The quantitative estimate of drug-likeness (QED) is 0.792. The average molecular weight is 410 g/mol. The Labute approximate surface area is 131 Å². The van der Waals surface area contributed by atoms with Crippen molar-refractivity contribution < 1.29 is 17.9 Å². The molecule has 8 heteroatoms. The molecule has 0 atom stereocenters. The summed E-state index contributed by atoms with van der Waals surface area (Å²) in [4.78, 5) is 18.3. The minimum absolute atomic E-state index is 0.0450. The van der Waals surface area contributed by atoms with Gasteiger partial charge < -0.3 is 9.72 Å². The highest BCUT2D eigenvalue weighted by atomic mass is 127. The van der Waals surface area contributed by atoms with Gasteiger partial charge in [0.25, 0.3) is 5.56 Å². The Morgan fingerprint density at radius 3 is 2.62 bits per heavy atom. The molecule has 0 aliphatic heterocycles. The van der Waals surface area contributed by atoms with Gasteiger partial charge in [0, 0.05) is 12.7 Å². The van der Waals surface area contributed by atoms with Gasteiger partial charge in [0.05, 0.1) is 17.9 Å². The van der Waals surface area contributed by atoms with Crippen molar-refractivity contribution >= 4 is 22.6 Å². The Morgan fingerprint density at radius 1 is 1.33 bits per heavy atom. The first-order valence-electron chi connectivity index (χ1n) is 5.79. The predicted molar refractivity (Wildman–Crippen MR) is 78.7 cm³/mol. The molecule has 0 amide bonds. The third kappa shape index (κ3) is 3.43. The van der Waals surface area contributed by atoms with Gasteiger partial charge in [0.2, 0.25) is 0 Å². The van der Waals surface area contributed by atoms with Crippen LogP contribution in [0.1, 0.15) is 11.3 Å². The van der Waals surface area contributed by atoms with Crippen molar-refractivity contribution in [1.29, 1.82) is 0 Å². The lowest BCUT2D eigenvalue weighted by molar-refractivity contribution is -0.137. The molecule has 4 nitrogen and oxygen atoms in total. The molecule has 0 fully saturated rings. The average Bonchev–Trinajstić information content (AvgIpc) is 2.43. The second-order valence-corrected chi connectivity index (χ2v) is 5.23. The summed E-state index contributed by atoms with van der Waals surface area (Å²) in [5, 5.41) is 0. The van der Waals surface area contributed by atoms with Crippen LogP contribution in [0.15, 0.2) is 29.1 Å². The van der Waals surface area contributed by atoms with Crippen molar-refractivity contribution in [1.82, 2.24) is 9.97 Å². The lowest BCUT2D eigenvalue weighted by atomic mass is 10.1. The van der Waals surface area contributed by atoms with E-state index in [0.717, 1.165) is 6.07 Å². The molecule has 1 aromatic heterocycles. The van der Waals surface area contributed by atoms with Crippen molar-refractivity contribution in [3.8, 4) is 11.4 Å². The number of methoxy groups -OCH3 is 1. The van der Waals surface area contributed by atoms with E-state index in [1.807, 2.05) is 0 Å². The molecule has 0 aliphatic rings. The first-order valence-corrected chi connectivity index (χ1v) is 6.86. The van der Waals surface area contributed by atoms with Gasteiger partial charge in [-0.3, -0.25) is 4.79 Å². The van der Waals surface area contributed by atoms with E-state index in [1.54, 1.807) is 22.6 Å². The van der Waals surface area contributed by atoms with Crippen molar-refractivity contribution in [3.63, 3.8) is 0 Å². The molecule has 2 rings (SSSR count). The fourth-order valence-corrected chi connectivity index (χ4v) is 2.21. The lowest BCUT2D eigenvalue weighted by Gasteiger charge is -2.13. The van der Waals surface area contributed by atoms with Crippen molar-refractivity contribution in [2.24, 2.45) is 0 Å². The molecule has 2 aromatic rings. The maximum absolute atomic E-state index is 13.0. The van der Waals surface area contributed by atoms with Gasteiger partial charge in [-0.2, -0.15) is 13.2 Å². The Kier molecular flexibility index (Phi) is 4.67. The Hall–Kier alpha value is -1.42. The van der Waals surface area contributed by atoms with Gasteiger partial charge >= 0.3 is 6.18 Å². The molecule has 1 heterocycles. The number of benzene rings is 1. The van der Waals surface area contributed by atoms with Gasteiger partial charge in [-0.05, 0) is 28.7 Å². The molecule has 0 saturated carbocycles. The Balaban J connectivity index is 2.66. The largest absolute Gasteiger partial charge is 0.417 e. The minimum atomic E-state index is -4.53. The van der Waals surface area contributed by atoms with Crippen LogP contribution < -0.4 is 5.56 Å². The Bertz CT molecular complexity index is 713. The molecular weight excluding hydrogens is 400 g/mol. The first-order chi connectivity index (χ1) is 9.84. The van der Waals surface area contributed by atoms with E-state index in [9.17, 15) is 18.0 Å². The zero-order chi connectivity index (χ0) is 15.6. The normalized spacial score (nSPS) is 11.7. The van der Waals surface area contributed by atoms with Crippen LogP contribution in [0.2, 0.25) is 0 Å². The molecule has 0 unspecified atom stereocenters. The van der Waals surface area contributed by atoms with Gasteiger partial charge in [0.15, 0.2) is 0 Å². The standard InChI is InChI=1S/C13H10F3IN2O2/c1-21-6-9-10(17)12(20)19-11(18-9)7-4-2-3-5-8(7)13(14,15)16/h2-5H,6H2,1H3,(H,18,19,20). The summed E-state index contributed by atoms with van der Waals surface area (Å²) >= 11 is 1.78. The molecule has 0 spiro atoms. The number of hydrogen-bond donors (Lipinski definition) is 1. The van der Waals surface area contributed by atoms with E-state index in [4.69, 9.17) is 4.74 Å². The van der Waals surface area contributed by atoms with E-state index in [2.05, 4.69) is 9.97 Å². The number of nitrogens with zero attached hydrogens (tertiary/aromatic N) is 1. The van der Waals surface area contributed by atoms with E-state index in [1.165, 1.54) is 25.3 Å². The van der Waals surface area contributed by atoms with E-state index in [0.29, 0.717) is 9.26 Å². The summed E-state index contributed by atoms with van der Waals surface area (Å²) in [6.07, 6.45) is -4.53. The van der Waals surface area contributed by atoms with E-state index < -0.39 is 17.3 Å². The van der Waals surface area contributed by atoms with E-state index >= 15 is 0 Å². The van der Waals surface area contributed by atoms with Gasteiger partial charge in [-0.1, -0.05) is 18.2 Å². The number of aromatic amines is 1. The summed E-state index contributed by atoms with van der Waals surface area (Å²) in [6.45, 7) is 0.0450. The van der Waals surface area contributed by atoms with Crippen molar-refractivity contribution in [2.45, 2.75) is 12.8 Å². The summed E-state index contributed by atoms with van der Waals surface area (Å²) < 4.78 is 44.3. The fourth-order valence-electron chi connectivity index (χ4n) is 1.80. The molecular formula is C13H10F3IN2O2. The van der Waals surface area contributed by atoms with Crippen LogP contribution in [0.5, 0.6) is 0 Å². The second kappa shape index (κ2) is 6.14. The molecule has 0 bridgehead atoms. The van der Waals surface area contributed by atoms with Crippen LogP contribution in [0.4, 0.5) is 13.2 Å². The van der Waals surface area contributed by atoms with Crippen LogP contribution >= 0.6 is 22.6 Å². The molecule has 112 valence electrons. The Morgan fingerprint density at radius 2 is 2.00 bits per heavy atom. The number of H-pyrrole nitrogens is 1. The fraction of sp³-hybridized carbons (Fsp3) is 0.231. The number of halogens is 4. The molecule has 0 saturated heterocycles. The number of rotatable bonds is 3. The number of alkyl halides is 3. The number of hydrogen-bond acceptors (Lipinski definition) is 3. The van der Waals surface area contributed by atoms with Crippen molar-refractivity contribution in [3.05, 3.63) is 49.4 Å². The zero-order valence-corrected chi connectivity index (χ0v) is 12.9. The van der Waals surface area contributed by atoms with Gasteiger partial charge in [-0.25, -0.2) is 4.98 Å². The smallest absolute Gasteiger partial charge is 0.378 e. The van der Waals surface area contributed by atoms with Crippen LogP contribution in [0.25, 0.3) is 11.4 Å². The molecule has 1 aromatic carbocycles. The van der Waals surface area contributed by atoms with Gasteiger partial charge in [-0.15, -0.1) is 0 Å². The summed E-state index contributed by atoms with van der Waals surface area (Å²) in [5.74, 6) is -0.125. The summed E-state index contributed by atoms with van der Waals surface area (Å²) in [5.41, 5.74) is -1.22. The van der Waals surface area contributed by atoms with Crippen LogP contribution in [-0.2, 0) is 17.5 Å².